The average Bonchev–Trinajstić information content (AvgIpc) is 2.90. The van der Waals surface area contributed by atoms with Crippen LogP contribution in [0.4, 0.5) is 0 Å². The minimum Gasteiger partial charge on any atom is -0.302 e. The summed E-state index contributed by atoms with van der Waals surface area (Å²) in [5.74, 6) is 0.0906. The number of ketones is 1. The highest BCUT2D eigenvalue weighted by molar-refractivity contribution is 7.91. The lowest BCUT2D eigenvalue weighted by Gasteiger charge is -2.14. The number of carbonyl (C=O) groups excluding carboxylic acids is 1. The molecule has 0 aliphatic carbocycles. The van der Waals surface area contributed by atoms with Crippen LogP contribution in [0.15, 0.2) is 29.2 Å². The van der Waals surface area contributed by atoms with E-state index in [9.17, 15) is 13.2 Å². The number of sulfone groups is 1. The molecule has 0 saturated carbocycles. The van der Waals surface area contributed by atoms with Crippen LogP contribution >= 0.6 is 0 Å². The molecular formula is C14H19NO3S. The average molecular weight is 281 g/mol. The van der Waals surface area contributed by atoms with Gasteiger partial charge in [-0.05, 0) is 45.0 Å². The van der Waals surface area contributed by atoms with E-state index in [0.717, 1.165) is 25.9 Å². The fourth-order valence-corrected chi connectivity index (χ4v) is 3.56. The molecule has 1 saturated heterocycles. The van der Waals surface area contributed by atoms with Crippen molar-refractivity contribution in [2.75, 3.05) is 25.4 Å². The largest absolute Gasteiger partial charge is 0.302 e. The van der Waals surface area contributed by atoms with Gasteiger partial charge in [0.15, 0.2) is 15.6 Å². The molecule has 0 unspecified atom stereocenters. The van der Waals surface area contributed by atoms with Crippen molar-refractivity contribution in [3.63, 3.8) is 0 Å². The molecule has 1 heterocycles. The predicted molar refractivity (Wildman–Crippen MR) is 74.2 cm³/mol. The number of rotatable bonds is 5. The Bertz CT molecular complexity index is 543. The van der Waals surface area contributed by atoms with E-state index in [2.05, 4.69) is 4.90 Å². The van der Waals surface area contributed by atoms with E-state index in [1.807, 2.05) is 0 Å². The zero-order chi connectivity index (χ0) is 13.9. The lowest BCUT2D eigenvalue weighted by atomic mass is 10.2. The molecule has 19 heavy (non-hydrogen) atoms. The lowest BCUT2D eigenvalue weighted by molar-refractivity contribution is 0.101. The second-order valence-corrected chi connectivity index (χ2v) is 7.06. The summed E-state index contributed by atoms with van der Waals surface area (Å²) in [6.07, 6.45) is 2.32. The Balaban J connectivity index is 2.03. The molecule has 4 nitrogen and oxygen atoms in total. The monoisotopic (exact) mass is 281 g/mol. The maximum atomic E-state index is 12.2. The first-order chi connectivity index (χ1) is 8.99. The molecule has 0 atom stereocenters. The van der Waals surface area contributed by atoms with E-state index in [0.29, 0.717) is 17.0 Å². The maximum absolute atomic E-state index is 12.2. The van der Waals surface area contributed by atoms with Crippen LogP contribution in [-0.4, -0.2) is 44.5 Å². The van der Waals surface area contributed by atoms with E-state index in [-0.39, 0.29) is 11.5 Å². The third-order valence-corrected chi connectivity index (χ3v) is 5.21. The second-order valence-electron chi connectivity index (χ2n) is 4.95. The molecule has 0 spiro atoms. The zero-order valence-electron chi connectivity index (χ0n) is 11.1. The van der Waals surface area contributed by atoms with E-state index < -0.39 is 9.84 Å². The van der Waals surface area contributed by atoms with Gasteiger partial charge in [-0.25, -0.2) is 8.42 Å². The van der Waals surface area contributed by atoms with Crippen LogP contribution in [0.3, 0.4) is 0 Å². The third kappa shape index (κ3) is 3.64. The zero-order valence-corrected chi connectivity index (χ0v) is 11.9. The number of hydrogen-bond acceptors (Lipinski definition) is 4. The molecule has 0 radical (unpaired) electrons. The number of benzene rings is 1. The molecule has 1 aromatic rings. The van der Waals surface area contributed by atoms with Gasteiger partial charge in [-0.2, -0.15) is 0 Å². The second kappa shape index (κ2) is 5.84. The molecule has 1 aliphatic rings. The van der Waals surface area contributed by atoms with Crippen molar-refractivity contribution in [3.05, 3.63) is 29.8 Å². The number of nitrogens with zero attached hydrogens (tertiary/aromatic N) is 1. The van der Waals surface area contributed by atoms with E-state index >= 15 is 0 Å². The highest BCUT2D eigenvalue weighted by Gasteiger charge is 2.18. The van der Waals surface area contributed by atoms with E-state index in [1.54, 1.807) is 12.1 Å². The van der Waals surface area contributed by atoms with Crippen molar-refractivity contribution in [1.82, 2.24) is 4.90 Å². The first kappa shape index (κ1) is 14.2. The fraction of sp³-hybridized carbons (Fsp3) is 0.500. The van der Waals surface area contributed by atoms with Crippen LogP contribution in [0.1, 0.15) is 30.1 Å². The van der Waals surface area contributed by atoms with Gasteiger partial charge in [0.25, 0.3) is 0 Å². The predicted octanol–water partition coefficient (Wildman–Crippen LogP) is 1.76. The van der Waals surface area contributed by atoms with Crippen molar-refractivity contribution in [2.45, 2.75) is 24.7 Å². The topological polar surface area (TPSA) is 54.5 Å². The van der Waals surface area contributed by atoms with E-state index in [1.165, 1.54) is 19.1 Å². The smallest absolute Gasteiger partial charge is 0.179 e. The van der Waals surface area contributed by atoms with Gasteiger partial charge in [0.05, 0.1) is 10.6 Å². The first-order valence-corrected chi connectivity index (χ1v) is 8.20. The summed E-state index contributed by atoms with van der Waals surface area (Å²) in [4.78, 5) is 13.6. The summed E-state index contributed by atoms with van der Waals surface area (Å²) in [7, 11) is -3.24. The minimum atomic E-state index is -3.24. The van der Waals surface area contributed by atoms with Crippen LogP contribution in [0.25, 0.3) is 0 Å². The van der Waals surface area contributed by atoms with Crippen molar-refractivity contribution in [2.24, 2.45) is 0 Å². The number of hydrogen-bond donors (Lipinski definition) is 0. The van der Waals surface area contributed by atoms with E-state index in [4.69, 9.17) is 0 Å². The number of carbonyl (C=O) groups is 1. The van der Waals surface area contributed by atoms with Crippen molar-refractivity contribution in [1.29, 1.82) is 0 Å². The fourth-order valence-electron chi connectivity index (χ4n) is 2.27. The van der Waals surface area contributed by atoms with Crippen molar-refractivity contribution >= 4 is 15.6 Å². The first-order valence-electron chi connectivity index (χ1n) is 6.55. The molecule has 2 rings (SSSR count). The Morgan fingerprint density at radius 1 is 1.16 bits per heavy atom. The Morgan fingerprint density at radius 3 is 2.26 bits per heavy atom. The normalized spacial score (nSPS) is 16.7. The van der Waals surface area contributed by atoms with Gasteiger partial charge in [0.1, 0.15) is 0 Å². The van der Waals surface area contributed by atoms with Crippen molar-refractivity contribution in [3.8, 4) is 0 Å². The quantitative estimate of drug-likeness (QED) is 0.772. The minimum absolute atomic E-state index is 0.0546. The summed E-state index contributed by atoms with van der Waals surface area (Å²) in [6.45, 7) is 4.06. The standard InChI is InChI=1S/C14H19NO3S/c1-12(16)13-4-6-14(7-5-13)19(17,18)11-10-15-8-2-3-9-15/h4-7H,2-3,8-11H2,1H3. The SMILES string of the molecule is CC(=O)c1ccc(S(=O)(=O)CCN2CCCC2)cc1. The van der Waals surface area contributed by atoms with Gasteiger partial charge < -0.3 is 4.90 Å². The molecule has 104 valence electrons. The number of Topliss-reactive ketones (excluding diaryl/α,β-unsaturated/α-hetero) is 1. The Hall–Kier alpha value is -1.20. The highest BCUT2D eigenvalue weighted by atomic mass is 32.2. The van der Waals surface area contributed by atoms with Gasteiger partial charge in [-0.15, -0.1) is 0 Å². The number of likely N-dealkylation sites (tertiary alicyclic amines) is 1. The summed E-state index contributed by atoms with van der Waals surface area (Å²) in [6, 6.07) is 6.20. The molecule has 0 N–H and O–H groups in total. The Kier molecular flexibility index (Phi) is 4.37. The van der Waals surface area contributed by atoms with Crippen LogP contribution in [-0.2, 0) is 9.84 Å². The molecule has 1 aromatic carbocycles. The summed E-state index contributed by atoms with van der Waals surface area (Å²) < 4.78 is 24.3. The third-order valence-electron chi connectivity index (χ3n) is 3.49. The summed E-state index contributed by atoms with van der Waals surface area (Å²) >= 11 is 0. The molecule has 0 amide bonds. The van der Waals surface area contributed by atoms with Crippen LogP contribution < -0.4 is 0 Å². The maximum Gasteiger partial charge on any atom is 0.179 e. The molecule has 5 heteroatoms. The van der Waals surface area contributed by atoms with Crippen molar-refractivity contribution < 1.29 is 13.2 Å². The molecule has 1 fully saturated rings. The van der Waals surface area contributed by atoms with Gasteiger partial charge in [0.2, 0.25) is 0 Å². The summed E-state index contributed by atoms with van der Waals surface area (Å²) in [5.41, 5.74) is 0.540. The van der Waals surface area contributed by atoms with Gasteiger partial charge in [-0.1, -0.05) is 12.1 Å². The molecule has 1 aliphatic heterocycles. The van der Waals surface area contributed by atoms with Crippen LogP contribution in [0.5, 0.6) is 0 Å². The van der Waals surface area contributed by atoms with Crippen LogP contribution in [0, 0.1) is 0 Å². The highest BCUT2D eigenvalue weighted by Crippen LogP contribution is 2.14. The van der Waals surface area contributed by atoms with Gasteiger partial charge in [0, 0.05) is 12.1 Å². The molecule has 0 bridgehead atoms. The Morgan fingerprint density at radius 2 is 1.74 bits per heavy atom. The molecular weight excluding hydrogens is 262 g/mol. The summed E-state index contributed by atoms with van der Waals surface area (Å²) in [5, 5.41) is 0. The Labute approximate surface area is 114 Å². The molecule has 0 aromatic heterocycles. The van der Waals surface area contributed by atoms with Gasteiger partial charge >= 0.3 is 0 Å². The lowest BCUT2D eigenvalue weighted by Crippen LogP contribution is -2.26. The van der Waals surface area contributed by atoms with Gasteiger partial charge in [-0.3, -0.25) is 4.79 Å². The van der Waals surface area contributed by atoms with Crippen LogP contribution in [0.2, 0.25) is 0 Å².